The number of hydrazine groups is 1. The maximum absolute atomic E-state index is 4.00. The van der Waals surface area contributed by atoms with Crippen molar-refractivity contribution >= 4 is 12.4 Å². The number of halogens is 1. The minimum Gasteiger partial charge on any atom is -0.274 e. The molecule has 0 aromatic heterocycles. The van der Waals surface area contributed by atoms with E-state index in [-0.39, 0.29) is 12.4 Å². The Bertz CT molecular complexity index is 153. The molecule has 1 rings (SSSR count). The van der Waals surface area contributed by atoms with Crippen molar-refractivity contribution in [3.63, 3.8) is 0 Å². The smallest absolute Gasteiger partial charge is 0.0307 e. The average Bonchev–Trinajstić information content (AvgIpc) is 2.10. The third-order valence-corrected chi connectivity index (χ3v) is 1.25. The molecule has 64 valence electrons. The molecule has 0 spiro atoms. The van der Waals surface area contributed by atoms with E-state index in [1.54, 1.807) is 0 Å². The summed E-state index contributed by atoms with van der Waals surface area (Å²) in [7, 11) is 0. The summed E-state index contributed by atoms with van der Waals surface area (Å²) in [5.41, 5.74) is 1.41. The van der Waals surface area contributed by atoms with Crippen LogP contribution < -0.4 is 11.7 Å². The van der Waals surface area contributed by atoms with Crippen LogP contribution in [-0.4, -0.2) is 0 Å². The molecule has 0 heterocycles. The van der Waals surface area contributed by atoms with Gasteiger partial charge in [0.25, 0.3) is 0 Å². The van der Waals surface area contributed by atoms with Crippen LogP contribution in [0.3, 0.4) is 0 Å². The highest BCUT2D eigenvalue weighted by atomic mass is 35.5. The lowest BCUT2D eigenvalue weighted by molar-refractivity contribution is 1.14. The maximum Gasteiger partial charge on any atom is -0.0307 e. The fourth-order valence-corrected chi connectivity index (χ4v) is 0.714. The van der Waals surface area contributed by atoms with E-state index in [2.05, 4.69) is 42.9 Å². The van der Waals surface area contributed by atoms with Crippen molar-refractivity contribution in [2.45, 2.75) is 13.3 Å². The first kappa shape index (κ1) is 13.1. The van der Waals surface area contributed by atoms with Crippen LogP contribution >= 0.6 is 12.4 Å². The van der Waals surface area contributed by atoms with Crippen molar-refractivity contribution in [2.24, 2.45) is 11.7 Å². The first-order valence-corrected chi connectivity index (χ1v) is 3.30. The molecule has 2 nitrogen and oxygen atoms in total. The summed E-state index contributed by atoms with van der Waals surface area (Å²) in [6.45, 7) is 2.16. The maximum atomic E-state index is 4.00. The minimum atomic E-state index is 0. The van der Waals surface area contributed by atoms with E-state index in [0.717, 1.165) is 6.42 Å². The Kier molecular flexibility index (Phi) is 11.2. The number of rotatable bonds is 1. The second kappa shape index (κ2) is 9.43. The predicted molar refractivity (Wildman–Crippen MR) is 51.4 cm³/mol. The fourth-order valence-electron chi connectivity index (χ4n) is 0.714. The first-order valence-electron chi connectivity index (χ1n) is 3.30. The van der Waals surface area contributed by atoms with Gasteiger partial charge in [-0.25, -0.2) is 0 Å². The van der Waals surface area contributed by atoms with E-state index >= 15 is 0 Å². The molecule has 3 heteroatoms. The highest BCUT2D eigenvalue weighted by molar-refractivity contribution is 5.85. The van der Waals surface area contributed by atoms with Crippen LogP contribution in [-0.2, 0) is 6.42 Å². The molecule has 0 atom stereocenters. The van der Waals surface area contributed by atoms with E-state index in [1.807, 2.05) is 6.07 Å². The highest BCUT2D eigenvalue weighted by Crippen LogP contribution is 1.96. The van der Waals surface area contributed by atoms with E-state index in [9.17, 15) is 0 Å². The summed E-state index contributed by atoms with van der Waals surface area (Å²) in [4.78, 5) is 0. The summed E-state index contributed by atoms with van der Waals surface area (Å²) in [6, 6.07) is 10.5. The molecule has 0 fully saturated rings. The normalized spacial score (nSPS) is 7.18. The molecule has 0 aliphatic heterocycles. The van der Waals surface area contributed by atoms with Crippen LogP contribution in [0.25, 0.3) is 0 Å². The molecule has 4 N–H and O–H groups in total. The first-order chi connectivity index (χ1) is 4.93. The summed E-state index contributed by atoms with van der Waals surface area (Å²) < 4.78 is 0. The molecule has 0 radical (unpaired) electrons. The second-order valence-corrected chi connectivity index (χ2v) is 1.84. The SMILES string of the molecule is CCc1ccccc1.Cl.NN. The topological polar surface area (TPSA) is 52.0 Å². The fraction of sp³-hybridized carbons (Fsp3) is 0.250. The number of benzene rings is 1. The lowest BCUT2D eigenvalue weighted by atomic mass is 10.2. The minimum absolute atomic E-state index is 0. The van der Waals surface area contributed by atoms with Crippen LogP contribution in [0.15, 0.2) is 30.3 Å². The van der Waals surface area contributed by atoms with E-state index in [1.165, 1.54) is 5.56 Å². The Morgan fingerprint density at radius 2 is 1.55 bits per heavy atom. The van der Waals surface area contributed by atoms with Crippen molar-refractivity contribution in [3.05, 3.63) is 35.9 Å². The Labute approximate surface area is 74.0 Å². The van der Waals surface area contributed by atoms with Gasteiger partial charge in [-0.05, 0) is 12.0 Å². The number of nitrogens with two attached hydrogens (primary N) is 2. The van der Waals surface area contributed by atoms with Crippen LogP contribution in [0.1, 0.15) is 12.5 Å². The van der Waals surface area contributed by atoms with Gasteiger partial charge in [0.05, 0.1) is 0 Å². The molecule has 0 saturated carbocycles. The van der Waals surface area contributed by atoms with Crippen LogP contribution in [0.5, 0.6) is 0 Å². The van der Waals surface area contributed by atoms with Gasteiger partial charge in [-0.15, -0.1) is 12.4 Å². The molecule has 0 aliphatic rings. The second-order valence-electron chi connectivity index (χ2n) is 1.84. The average molecular weight is 175 g/mol. The summed E-state index contributed by atoms with van der Waals surface area (Å²) in [5.74, 6) is 8.00. The van der Waals surface area contributed by atoms with E-state index in [0.29, 0.717) is 0 Å². The molecular formula is C8H15ClN2. The largest absolute Gasteiger partial charge is 0.274 e. The Balaban J connectivity index is 0. The number of hydrogen-bond acceptors (Lipinski definition) is 2. The van der Waals surface area contributed by atoms with Gasteiger partial charge in [0.2, 0.25) is 0 Å². The Morgan fingerprint density at radius 3 is 1.82 bits per heavy atom. The third kappa shape index (κ3) is 5.85. The lowest BCUT2D eigenvalue weighted by Crippen LogP contribution is -2.02. The van der Waals surface area contributed by atoms with Crippen molar-refractivity contribution in [3.8, 4) is 0 Å². The Hall–Kier alpha value is -0.570. The molecule has 0 aliphatic carbocycles. The van der Waals surface area contributed by atoms with E-state index in [4.69, 9.17) is 0 Å². The third-order valence-electron chi connectivity index (χ3n) is 1.25. The van der Waals surface area contributed by atoms with Crippen LogP contribution in [0.4, 0.5) is 0 Å². The Morgan fingerprint density at radius 1 is 1.09 bits per heavy atom. The van der Waals surface area contributed by atoms with Gasteiger partial charge in [0, 0.05) is 0 Å². The van der Waals surface area contributed by atoms with Crippen molar-refractivity contribution in [1.82, 2.24) is 0 Å². The highest BCUT2D eigenvalue weighted by Gasteiger charge is 1.79. The molecule has 1 aromatic rings. The van der Waals surface area contributed by atoms with Gasteiger partial charge >= 0.3 is 0 Å². The quantitative estimate of drug-likeness (QED) is 0.501. The van der Waals surface area contributed by atoms with Crippen molar-refractivity contribution in [2.75, 3.05) is 0 Å². The molecule has 0 unspecified atom stereocenters. The van der Waals surface area contributed by atoms with Gasteiger partial charge in [0.1, 0.15) is 0 Å². The van der Waals surface area contributed by atoms with Crippen molar-refractivity contribution in [1.29, 1.82) is 0 Å². The standard InChI is InChI=1S/C8H10.ClH.H4N2/c1-2-8-6-4-3-5-7-8;;1-2/h3-7H,2H2,1H3;1H;1-2H2. The van der Waals surface area contributed by atoms with Crippen molar-refractivity contribution < 1.29 is 0 Å². The predicted octanol–water partition coefficient (Wildman–Crippen LogP) is 1.49. The molecule has 0 amide bonds. The number of hydrogen-bond donors (Lipinski definition) is 2. The van der Waals surface area contributed by atoms with Gasteiger partial charge in [-0.3, -0.25) is 11.7 Å². The molecular weight excluding hydrogens is 160 g/mol. The molecule has 0 saturated heterocycles. The zero-order valence-electron chi connectivity index (χ0n) is 6.66. The number of aryl methyl sites for hydroxylation is 1. The summed E-state index contributed by atoms with van der Waals surface area (Å²) >= 11 is 0. The van der Waals surface area contributed by atoms with Gasteiger partial charge in [-0.2, -0.15) is 0 Å². The molecule has 0 bridgehead atoms. The van der Waals surface area contributed by atoms with Gasteiger partial charge in [-0.1, -0.05) is 37.3 Å². The van der Waals surface area contributed by atoms with Gasteiger partial charge < -0.3 is 0 Å². The zero-order valence-corrected chi connectivity index (χ0v) is 7.47. The molecule has 1 aromatic carbocycles. The lowest BCUT2D eigenvalue weighted by Gasteiger charge is -1.89. The van der Waals surface area contributed by atoms with Crippen LogP contribution in [0, 0.1) is 0 Å². The van der Waals surface area contributed by atoms with Gasteiger partial charge in [0.15, 0.2) is 0 Å². The monoisotopic (exact) mass is 174 g/mol. The van der Waals surface area contributed by atoms with Crippen LogP contribution in [0.2, 0.25) is 0 Å². The van der Waals surface area contributed by atoms with E-state index < -0.39 is 0 Å². The summed E-state index contributed by atoms with van der Waals surface area (Å²) in [6.07, 6.45) is 1.14. The summed E-state index contributed by atoms with van der Waals surface area (Å²) in [5, 5.41) is 0. The molecule has 11 heavy (non-hydrogen) atoms. The zero-order chi connectivity index (χ0) is 7.82.